The molecule has 58 heavy (non-hydrogen) atoms. The number of fused-ring (bicyclic) bond motifs is 9. The highest BCUT2D eigenvalue weighted by molar-refractivity contribution is 6.13. The Bertz CT molecular complexity index is 2930. The zero-order chi connectivity index (χ0) is 39.1. The molecule has 6 aromatic rings. The lowest BCUT2D eigenvalue weighted by atomic mass is 9.62. The monoisotopic (exact) mass is 750 g/mol. The van der Waals surface area contributed by atoms with E-state index in [2.05, 4.69) is 173 Å². The number of nitrogens with zero attached hydrogens (tertiary/aromatic N) is 2. The number of hydrogen-bond acceptors (Lipinski definition) is 2. The topological polar surface area (TPSA) is 25.2 Å². The van der Waals surface area contributed by atoms with Crippen molar-refractivity contribution in [2.24, 2.45) is 34.1 Å². The fourth-order valence-electron chi connectivity index (χ4n) is 11.1. The molecule has 1 aromatic heterocycles. The molecule has 0 N–H and O–H groups in total. The van der Waals surface area contributed by atoms with E-state index in [4.69, 9.17) is 9.98 Å². The molecule has 2 heterocycles. The van der Waals surface area contributed by atoms with Crippen LogP contribution in [-0.2, 0) is 12.8 Å². The minimum absolute atomic E-state index is 0.0969. The van der Waals surface area contributed by atoms with E-state index >= 15 is 0 Å². The molecule has 0 fully saturated rings. The lowest BCUT2D eigenvalue weighted by Crippen LogP contribution is -2.31. The Morgan fingerprint density at radius 1 is 0.672 bits per heavy atom. The van der Waals surface area contributed by atoms with Gasteiger partial charge in [0.1, 0.15) is 0 Å². The summed E-state index contributed by atoms with van der Waals surface area (Å²) in [7, 11) is 0. The van der Waals surface area contributed by atoms with E-state index in [0.717, 1.165) is 31.4 Å². The van der Waals surface area contributed by atoms with E-state index in [9.17, 15) is 0 Å². The van der Waals surface area contributed by atoms with Crippen LogP contribution in [0.5, 0.6) is 0 Å². The Balaban J connectivity index is 1.14. The fraction of sp³-hybridized carbons (Fsp3) is 0.250. The van der Waals surface area contributed by atoms with Gasteiger partial charge in [0.25, 0.3) is 0 Å². The smallest absolute Gasteiger partial charge is 0.0722 e. The molecule has 0 amide bonds. The maximum atomic E-state index is 5.81. The van der Waals surface area contributed by atoms with Gasteiger partial charge in [-0.2, -0.15) is 0 Å². The van der Waals surface area contributed by atoms with Crippen LogP contribution in [-0.4, -0.2) is 10.7 Å². The Kier molecular flexibility index (Phi) is 8.30. The molecule has 4 aliphatic carbocycles. The van der Waals surface area contributed by atoms with Crippen LogP contribution < -0.4 is 0 Å². The van der Waals surface area contributed by atoms with Gasteiger partial charge in [-0.1, -0.05) is 161 Å². The molecule has 0 spiro atoms. The van der Waals surface area contributed by atoms with Gasteiger partial charge in [0.05, 0.1) is 11.4 Å². The average Bonchev–Trinajstić information content (AvgIpc) is 3.25. The Morgan fingerprint density at radius 3 is 2.21 bits per heavy atom. The lowest BCUT2D eigenvalue weighted by molar-refractivity contribution is 0.412. The van der Waals surface area contributed by atoms with Crippen molar-refractivity contribution in [3.05, 3.63) is 179 Å². The largest absolute Gasteiger partial charge is 0.265 e. The van der Waals surface area contributed by atoms with E-state index in [-0.39, 0.29) is 5.41 Å². The van der Waals surface area contributed by atoms with Crippen LogP contribution in [0.1, 0.15) is 80.0 Å². The summed E-state index contributed by atoms with van der Waals surface area (Å²) in [5.74, 6) is 2.05. The summed E-state index contributed by atoms with van der Waals surface area (Å²) < 4.78 is 0. The lowest BCUT2D eigenvalue weighted by Gasteiger charge is -2.41. The number of aliphatic imine (C=N–C) groups is 1. The van der Waals surface area contributed by atoms with Gasteiger partial charge in [0.15, 0.2) is 0 Å². The van der Waals surface area contributed by atoms with Gasteiger partial charge < -0.3 is 0 Å². The maximum absolute atomic E-state index is 5.81. The first-order chi connectivity index (χ1) is 28.3. The van der Waals surface area contributed by atoms with Crippen LogP contribution >= 0.6 is 0 Å². The summed E-state index contributed by atoms with van der Waals surface area (Å²) in [5.41, 5.74) is 14.5. The predicted octanol–water partition coefficient (Wildman–Crippen LogP) is 14.3. The molecule has 0 radical (unpaired) electrons. The Hall–Kier alpha value is -5.86. The summed E-state index contributed by atoms with van der Waals surface area (Å²) in [5, 5.41) is 7.82. The van der Waals surface area contributed by atoms with Crippen molar-refractivity contribution in [3.63, 3.8) is 0 Å². The van der Waals surface area contributed by atoms with Crippen LogP contribution in [0, 0.1) is 29.1 Å². The fourth-order valence-corrected chi connectivity index (χ4v) is 11.1. The highest BCUT2D eigenvalue weighted by Gasteiger charge is 2.41. The quantitative estimate of drug-likeness (QED) is 0.165. The van der Waals surface area contributed by atoms with E-state index in [1.54, 1.807) is 0 Å². The van der Waals surface area contributed by atoms with Crippen molar-refractivity contribution in [1.82, 2.24) is 4.98 Å². The summed E-state index contributed by atoms with van der Waals surface area (Å²) in [6.45, 7) is 9.45. The molecule has 0 saturated heterocycles. The minimum atomic E-state index is -0.0969. The van der Waals surface area contributed by atoms with Crippen LogP contribution in [0.25, 0.3) is 60.8 Å². The second-order valence-corrected chi connectivity index (χ2v) is 18.1. The molecule has 11 rings (SSSR count). The third-order valence-electron chi connectivity index (χ3n) is 14.2. The third kappa shape index (κ3) is 5.67. The Labute approximate surface area is 342 Å². The predicted molar refractivity (Wildman–Crippen MR) is 247 cm³/mol. The highest BCUT2D eigenvalue weighted by atomic mass is 14.8. The van der Waals surface area contributed by atoms with E-state index in [0.29, 0.717) is 29.6 Å². The number of benzene rings is 5. The standard InChI is InChI=1S/C56H50N2/c1-34-20-21-44-47(28-34)41-16-8-6-13-38(41)30-48(44)50-32-51-46(37-22-25-56(4,26-23-37)53-29-35(2)24-27-57-53)33-52(58-55(51)45-19-11-12-36(3)54(45)50)49-31-39-14-5-7-15-40(39)42-17-9-10-18-43(42)49/h5-25,27,30-31,33-36,50,54H,26,28-29,32H2,1-4H3. The third-order valence-corrected chi connectivity index (χ3v) is 14.2. The van der Waals surface area contributed by atoms with Gasteiger partial charge in [-0.05, 0) is 139 Å². The molecule has 2 nitrogen and oxygen atoms in total. The molecule has 1 aliphatic heterocycles. The second-order valence-electron chi connectivity index (χ2n) is 18.1. The molecule has 6 unspecified atom stereocenters. The average molecular weight is 751 g/mol. The number of allylic oxidation sites excluding steroid dienone is 10. The van der Waals surface area contributed by atoms with Crippen LogP contribution in [0.15, 0.2) is 151 Å². The van der Waals surface area contributed by atoms with Gasteiger partial charge in [-0.25, -0.2) is 4.98 Å². The number of aromatic nitrogens is 1. The SMILES string of the molecule is CC1C=CN=C(C2(C)C=CC(c3cc(-c4cc5ccccc5c5ccccc45)nc4c3CC(c3cc5ccccc5c5c3C=CC(C)C5)C3C4=CC=CC3C)=CC2)C1. The van der Waals surface area contributed by atoms with E-state index in [1.807, 2.05) is 6.20 Å². The molecule has 0 bridgehead atoms. The number of hydrogen-bond donors (Lipinski definition) is 0. The first kappa shape index (κ1) is 35.3. The van der Waals surface area contributed by atoms with Crippen molar-refractivity contribution in [1.29, 1.82) is 0 Å². The van der Waals surface area contributed by atoms with Gasteiger partial charge in [0, 0.05) is 22.9 Å². The van der Waals surface area contributed by atoms with Crippen molar-refractivity contribution < 1.29 is 0 Å². The first-order valence-electron chi connectivity index (χ1n) is 21.5. The molecule has 6 atom stereocenters. The summed E-state index contributed by atoms with van der Waals surface area (Å²) in [4.78, 5) is 10.7. The molecule has 284 valence electrons. The molecular formula is C56H50N2. The van der Waals surface area contributed by atoms with Gasteiger partial charge in [-0.15, -0.1) is 0 Å². The molecule has 2 heteroatoms. The van der Waals surface area contributed by atoms with Crippen LogP contribution in [0.2, 0.25) is 0 Å². The molecular weight excluding hydrogens is 701 g/mol. The van der Waals surface area contributed by atoms with Crippen molar-refractivity contribution >= 4 is 55.3 Å². The summed E-state index contributed by atoms with van der Waals surface area (Å²) in [6.07, 6.45) is 27.6. The van der Waals surface area contributed by atoms with E-state index in [1.165, 1.54) is 88.2 Å². The number of pyridine rings is 1. The summed E-state index contributed by atoms with van der Waals surface area (Å²) in [6, 6.07) is 34.1. The maximum Gasteiger partial charge on any atom is 0.0722 e. The van der Waals surface area contributed by atoms with Gasteiger partial charge >= 0.3 is 0 Å². The minimum Gasteiger partial charge on any atom is -0.265 e. The normalized spacial score (nSPS) is 25.9. The Morgan fingerprint density at radius 2 is 1.41 bits per heavy atom. The van der Waals surface area contributed by atoms with E-state index < -0.39 is 0 Å². The second kappa shape index (κ2) is 13.6. The van der Waals surface area contributed by atoms with Gasteiger partial charge in [-0.3, -0.25) is 4.99 Å². The molecule has 5 aromatic carbocycles. The highest BCUT2D eigenvalue weighted by Crippen LogP contribution is 2.53. The van der Waals surface area contributed by atoms with Crippen molar-refractivity contribution in [3.8, 4) is 11.3 Å². The van der Waals surface area contributed by atoms with Crippen LogP contribution in [0.3, 0.4) is 0 Å². The van der Waals surface area contributed by atoms with Crippen molar-refractivity contribution in [2.75, 3.05) is 0 Å². The van der Waals surface area contributed by atoms with Crippen LogP contribution in [0.4, 0.5) is 0 Å². The number of rotatable bonds is 4. The molecule has 0 saturated carbocycles. The summed E-state index contributed by atoms with van der Waals surface area (Å²) >= 11 is 0. The van der Waals surface area contributed by atoms with Gasteiger partial charge in [0.2, 0.25) is 0 Å². The zero-order valence-electron chi connectivity index (χ0n) is 34.0. The van der Waals surface area contributed by atoms with Crippen molar-refractivity contribution in [2.45, 2.75) is 59.3 Å². The first-order valence-corrected chi connectivity index (χ1v) is 21.5. The molecule has 5 aliphatic rings. The zero-order valence-corrected chi connectivity index (χ0v) is 34.0.